The Morgan fingerprint density at radius 3 is 3.05 bits per heavy atom. The third-order valence-corrected chi connectivity index (χ3v) is 5.65. The first-order valence-corrected chi connectivity index (χ1v) is 9.07. The number of furan rings is 1. The van der Waals surface area contributed by atoms with Gasteiger partial charge in [0.15, 0.2) is 0 Å². The second-order valence-corrected chi connectivity index (χ2v) is 7.42. The van der Waals surface area contributed by atoms with Crippen LogP contribution in [0.2, 0.25) is 0 Å². The van der Waals surface area contributed by atoms with Crippen molar-refractivity contribution in [2.24, 2.45) is 0 Å². The summed E-state index contributed by atoms with van der Waals surface area (Å²) in [5, 5.41) is 6.04. The molecule has 6 heteroatoms. The van der Waals surface area contributed by atoms with E-state index >= 15 is 0 Å². The molecule has 1 spiro atoms. The first kappa shape index (κ1) is 15.7. The molecule has 0 bridgehead atoms. The van der Waals surface area contributed by atoms with Crippen molar-refractivity contribution in [3.05, 3.63) is 23.7 Å². The smallest absolute Gasteiger partial charge is 0.315 e. The van der Waals surface area contributed by atoms with Crippen molar-refractivity contribution in [3.8, 4) is 0 Å². The molecule has 2 fully saturated rings. The van der Waals surface area contributed by atoms with E-state index in [1.54, 1.807) is 0 Å². The minimum atomic E-state index is -0.135. The third kappa shape index (κ3) is 3.60. The number of rotatable bonds is 3. The van der Waals surface area contributed by atoms with Crippen LogP contribution in [0.25, 0.3) is 0 Å². The molecule has 3 rings (SSSR count). The summed E-state index contributed by atoms with van der Waals surface area (Å²) in [5.74, 6) is 3.85. The predicted molar refractivity (Wildman–Crippen MR) is 87.2 cm³/mol. The Labute approximate surface area is 135 Å². The van der Waals surface area contributed by atoms with Crippen LogP contribution in [-0.2, 0) is 4.74 Å². The second-order valence-electron chi connectivity index (χ2n) is 6.31. The number of amides is 2. The summed E-state index contributed by atoms with van der Waals surface area (Å²) in [6, 6.07) is 3.74. The van der Waals surface area contributed by atoms with Crippen LogP contribution in [0.15, 0.2) is 16.5 Å². The number of hydrogen-bond donors (Lipinski definition) is 2. The van der Waals surface area contributed by atoms with Gasteiger partial charge in [-0.1, -0.05) is 0 Å². The van der Waals surface area contributed by atoms with Crippen molar-refractivity contribution < 1.29 is 13.9 Å². The number of ether oxygens (including phenoxy) is 1. The molecule has 0 radical (unpaired) electrons. The molecule has 22 heavy (non-hydrogen) atoms. The van der Waals surface area contributed by atoms with Crippen LogP contribution in [-0.4, -0.2) is 35.8 Å². The van der Waals surface area contributed by atoms with Gasteiger partial charge >= 0.3 is 6.03 Å². The maximum Gasteiger partial charge on any atom is 0.315 e. The Balaban J connectivity index is 1.51. The maximum absolute atomic E-state index is 12.2. The fourth-order valence-electron chi connectivity index (χ4n) is 3.20. The Bertz CT molecular complexity index is 525. The molecule has 5 nitrogen and oxygen atoms in total. The van der Waals surface area contributed by atoms with Crippen molar-refractivity contribution in [2.45, 2.75) is 50.8 Å². The quantitative estimate of drug-likeness (QED) is 0.897. The molecular weight excluding hydrogens is 300 g/mol. The van der Waals surface area contributed by atoms with Crippen LogP contribution in [0.1, 0.15) is 43.7 Å². The zero-order chi connectivity index (χ0) is 15.6. The monoisotopic (exact) mass is 324 g/mol. The molecule has 1 aromatic heterocycles. The van der Waals surface area contributed by atoms with Gasteiger partial charge in [0.25, 0.3) is 0 Å². The van der Waals surface area contributed by atoms with Crippen LogP contribution < -0.4 is 10.6 Å². The largest absolute Gasteiger partial charge is 0.464 e. The molecule has 2 amide bonds. The van der Waals surface area contributed by atoms with Crippen LogP contribution >= 0.6 is 11.8 Å². The zero-order valence-corrected chi connectivity index (χ0v) is 14.0. The Hall–Kier alpha value is -1.14. The van der Waals surface area contributed by atoms with E-state index in [4.69, 9.17) is 9.15 Å². The van der Waals surface area contributed by atoms with Gasteiger partial charge in [0.1, 0.15) is 11.5 Å². The highest BCUT2D eigenvalue weighted by atomic mass is 32.2. The molecule has 1 aromatic rings. The lowest BCUT2D eigenvalue weighted by atomic mass is 9.90. The number of urea groups is 1. The van der Waals surface area contributed by atoms with Crippen LogP contribution in [0.3, 0.4) is 0 Å². The normalized spacial score (nSPS) is 29.5. The van der Waals surface area contributed by atoms with Crippen molar-refractivity contribution >= 4 is 17.8 Å². The number of hydrogen-bond acceptors (Lipinski definition) is 4. The first-order valence-electron chi connectivity index (χ1n) is 7.91. The van der Waals surface area contributed by atoms with Crippen LogP contribution in [0, 0.1) is 6.92 Å². The SMILES string of the molecule is Cc1ccc([C@H](C)NC(=O)N[C@H]2CCO[C@]3(CCSC3)C2)o1. The Morgan fingerprint density at radius 1 is 1.50 bits per heavy atom. The highest BCUT2D eigenvalue weighted by molar-refractivity contribution is 7.99. The molecule has 0 unspecified atom stereocenters. The van der Waals surface area contributed by atoms with Crippen molar-refractivity contribution in [2.75, 3.05) is 18.1 Å². The topological polar surface area (TPSA) is 63.5 Å². The third-order valence-electron chi connectivity index (χ3n) is 4.43. The highest BCUT2D eigenvalue weighted by Crippen LogP contribution is 2.38. The number of thioether (sulfide) groups is 1. The molecule has 0 aromatic carbocycles. The van der Waals surface area contributed by atoms with E-state index in [-0.39, 0.29) is 23.7 Å². The van der Waals surface area contributed by atoms with E-state index in [0.717, 1.165) is 48.9 Å². The van der Waals surface area contributed by atoms with Gasteiger partial charge in [0.05, 0.1) is 11.6 Å². The summed E-state index contributed by atoms with van der Waals surface area (Å²) in [4.78, 5) is 12.2. The molecule has 0 saturated carbocycles. The van der Waals surface area contributed by atoms with E-state index in [0.29, 0.717) is 0 Å². The van der Waals surface area contributed by atoms with Crippen molar-refractivity contribution in [1.29, 1.82) is 0 Å². The zero-order valence-electron chi connectivity index (χ0n) is 13.2. The summed E-state index contributed by atoms with van der Waals surface area (Å²) in [6.45, 7) is 4.56. The van der Waals surface area contributed by atoms with Gasteiger partial charge in [-0.3, -0.25) is 0 Å². The molecule has 2 saturated heterocycles. The van der Waals surface area contributed by atoms with Gasteiger partial charge < -0.3 is 19.8 Å². The molecule has 2 N–H and O–H groups in total. The lowest BCUT2D eigenvalue weighted by Gasteiger charge is -2.38. The molecule has 0 aliphatic carbocycles. The predicted octanol–water partition coefficient (Wildman–Crippen LogP) is 3.00. The number of nitrogens with one attached hydrogen (secondary N) is 2. The summed E-state index contributed by atoms with van der Waals surface area (Å²) in [5.41, 5.74) is -0.00932. The minimum Gasteiger partial charge on any atom is -0.464 e. The number of carbonyl (C=O) groups is 1. The van der Waals surface area contributed by atoms with E-state index in [1.807, 2.05) is 37.7 Å². The van der Waals surface area contributed by atoms with Gasteiger partial charge in [-0.25, -0.2) is 4.79 Å². The van der Waals surface area contributed by atoms with E-state index in [1.165, 1.54) is 0 Å². The van der Waals surface area contributed by atoms with Crippen LogP contribution in [0.4, 0.5) is 4.79 Å². The van der Waals surface area contributed by atoms with Gasteiger partial charge in [0.2, 0.25) is 0 Å². The molecule has 2 aliphatic heterocycles. The molecule has 3 atom stereocenters. The van der Waals surface area contributed by atoms with Crippen molar-refractivity contribution in [3.63, 3.8) is 0 Å². The van der Waals surface area contributed by atoms with E-state index in [9.17, 15) is 4.79 Å². The van der Waals surface area contributed by atoms with Crippen molar-refractivity contribution in [1.82, 2.24) is 10.6 Å². The fraction of sp³-hybridized carbons (Fsp3) is 0.688. The molecule has 122 valence electrons. The summed E-state index contributed by atoms with van der Waals surface area (Å²) in [6.07, 6.45) is 2.90. The first-order chi connectivity index (χ1) is 10.6. The second kappa shape index (κ2) is 6.54. The highest BCUT2D eigenvalue weighted by Gasteiger charge is 2.40. The average molecular weight is 324 g/mol. The lowest BCUT2D eigenvalue weighted by Crippen LogP contribution is -2.51. The number of aryl methyl sites for hydroxylation is 1. The summed E-state index contributed by atoms with van der Waals surface area (Å²) >= 11 is 1.94. The molecule has 2 aliphatic rings. The Kier molecular flexibility index (Phi) is 4.68. The molecule has 3 heterocycles. The van der Waals surface area contributed by atoms with Gasteiger partial charge in [-0.2, -0.15) is 11.8 Å². The number of carbonyl (C=O) groups excluding carboxylic acids is 1. The fourth-order valence-corrected chi connectivity index (χ4v) is 4.57. The summed E-state index contributed by atoms with van der Waals surface area (Å²) in [7, 11) is 0. The average Bonchev–Trinajstić information content (AvgIpc) is 3.08. The maximum atomic E-state index is 12.2. The lowest BCUT2D eigenvalue weighted by molar-refractivity contribution is -0.0684. The summed E-state index contributed by atoms with van der Waals surface area (Å²) < 4.78 is 11.5. The van der Waals surface area contributed by atoms with Gasteiger partial charge in [0, 0.05) is 18.4 Å². The van der Waals surface area contributed by atoms with Gasteiger partial charge in [-0.05, 0) is 51.0 Å². The minimum absolute atomic E-state index is 0.00932. The molecular formula is C16H24N2O3S. The Morgan fingerprint density at radius 2 is 2.36 bits per heavy atom. The van der Waals surface area contributed by atoms with E-state index < -0.39 is 0 Å². The standard InChI is InChI=1S/C16H24N2O3S/c1-11-3-4-14(21-11)12(2)17-15(19)18-13-5-7-20-16(9-13)6-8-22-10-16/h3-4,12-13H,5-10H2,1-2H3,(H2,17,18,19)/t12-,13-,16+/m0/s1. The van der Waals surface area contributed by atoms with Gasteiger partial charge in [-0.15, -0.1) is 0 Å². The van der Waals surface area contributed by atoms with E-state index in [2.05, 4.69) is 10.6 Å². The van der Waals surface area contributed by atoms with Crippen LogP contribution in [0.5, 0.6) is 0 Å².